The molecular weight excluding hydrogens is 595 g/mol. The summed E-state index contributed by atoms with van der Waals surface area (Å²) in [6.45, 7) is 14.3. The van der Waals surface area contributed by atoms with Crippen LogP contribution in [-0.4, -0.2) is 65.3 Å². The molecule has 0 spiro atoms. The zero-order chi connectivity index (χ0) is 31.8. The second-order valence-electron chi connectivity index (χ2n) is 12.6. The van der Waals surface area contributed by atoms with E-state index < -0.39 is 11.6 Å². The Morgan fingerprint density at radius 2 is 1.48 bits per heavy atom. The Balaban J connectivity index is 1.72. The first-order valence-corrected chi connectivity index (χ1v) is 15.8. The number of nitrogens with zero attached hydrogens (tertiary/aromatic N) is 4. The summed E-state index contributed by atoms with van der Waals surface area (Å²) in [5.74, 6) is 1.22. The summed E-state index contributed by atoms with van der Waals surface area (Å²) in [5, 5.41) is 1.23. The standard InChI is InChI=1S/C35H40Cl2N4O3/c1-7-44-30-22-26(34(3,4)5)12-17-29(30)32-38-35(6,25-10-15-28(37)16-11-25)31(24-8-13-27(36)14-9-24)41(32)33(43)40-20-18-39(19-21-40)23(2)42/h8-17,22,31H,7,18-21H2,1-6H3. The van der Waals surface area contributed by atoms with Crippen LogP contribution in [0.25, 0.3) is 0 Å². The van der Waals surface area contributed by atoms with Gasteiger partial charge in [0, 0.05) is 43.1 Å². The van der Waals surface area contributed by atoms with Gasteiger partial charge in [0.15, 0.2) is 0 Å². The van der Waals surface area contributed by atoms with Crippen LogP contribution in [0, 0.1) is 0 Å². The second-order valence-corrected chi connectivity index (χ2v) is 13.5. The predicted octanol–water partition coefficient (Wildman–Crippen LogP) is 7.69. The summed E-state index contributed by atoms with van der Waals surface area (Å²) in [6.07, 6.45) is 0. The number of amides is 3. The van der Waals surface area contributed by atoms with Crippen molar-refractivity contribution in [2.45, 2.75) is 58.5 Å². The van der Waals surface area contributed by atoms with Gasteiger partial charge in [-0.2, -0.15) is 0 Å². The van der Waals surface area contributed by atoms with Gasteiger partial charge in [-0.25, -0.2) is 4.79 Å². The molecule has 0 saturated carbocycles. The lowest BCUT2D eigenvalue weighted by molar-refractivity contribution is -0.130. The summed E-state index contributed by atoms with van der Waals surface area (Å²) < 4.78 is 6.23. The van der Waals surface area contributed by atoms with Crippen LogP contribution in [0.15, 0.2) is 71.7 Å². The average Bonchev–Trinajstić information content (AvgIpc) is 3.31. The van der Waals surface area contributed by atoms with E-state index in [1.807, 2.05) is 71.3 Å². The van der Waals surface area contributed by atoms with Crippen LogP contribution >= 0.6 is 23.2 Å². The molecule has 0 aliphatic carbocycles. The lowest BCUT2D eigenvalue weighted by Gasteiger charge is -2.40. The summed E-state index contributed by atoms with van der Waals surface area (Å²) >= 11 is 12.6. The van der Waals surface area contributed by atoms with E-state index in [0.717, 1.165) is 22.3 Å². The van der Waals surface area contributed by atoms with Crippen molar-refractivity contribution in [3.05, 3.63) is 99.0 Å². The quantitative estimate of drug-likeness (QED) is 0.289. The van der Waals surface area contributed by atoms with E-state index in [1.165, 1.54) is 0 Å². The highest BCUT2D eigenvalue weighted by molar-refractivity contribution is 6.30. The van der Waals surface area contributed by atoms with E-state index in [2.05, 4.69) is 39.8 Å². The van der Waals surface area contributed by atoms with Gasteiger partial charge in [0.1, 0.15) is 17.1 Å². The van der Waals surface area contributed by atoms with Crippen molar-refractivity contribution in [3.8, 4) is 5.75 Å². The zero-order valence-electron chi connectivity index (χ0n) is 26.2. The first-order chi connectivity index (χ1) is 20.8. The fourth-order valence-corrected chi connectivity index (χ4v) is 6.29. The van der Waals surface area contributed by atoms with Crippen molar-refractivity contribution in [2.75, 3.05) is 32.8 Å². The molecule has 0 radical (unpaired) electrons. The molecule has 0 bridgehead atoms. The number of hydrogen-bond donors (Lipinski definition) is 0. The van der Waals surface area contributed by atoms with Gasteiger partial charge in [0.05, 0.1) is 18.2 Å². The molecule has 3 aromatic carbocycles. The Morgan fingerprint density at radius 1 is 0.909 bits per heavy atom. The maximum atomic E-state index is 14.8. The third-order valence-electron chi connectivity index (χ3n) is 8.56. The fourth-order valence-electron chi connectivity index (χ4n) is 6.04. The van der Waals surface area contributed by atoms with Crippen LogP contribution in [0.5, 0.6) is 5.75 Å². The molecular formula is C35H40Cl2N4O3. The molecule has 2 atom stereocenters. The second kappa shape index (κ2) is 12.4. The molecule has 2 aliphatic rings. The molecule has 2 heterocycles. The number of halogens is 2. The summed E-state index contributed by atoms with van der Waals surface area (Å²) in [6, 6.07) is 20.7. The lowest BCUT2D eigenvalue weighted by atomic mass is 9.81. The van der Waals surface area contributed by atoms with Crippen molar-refractivity contribution >= 4 is 41.0 Å². The maximum Gasteiger partial charge on any atom is 0.326 e. The molecule has 5 rings (SSSR count). The van der Waals surface area contributed by atoms with E-state index in [1.54, 1.807) is 11.8 Å². The number of amidine groups is 1. The predicted molar refractivity (Wildman–Crippen MR) is 177 cm³/mol. The normalized spacial score (nSPS) is 20.5. The van der Waals surface area contributed by atoms with Gasteiger partial charge in [0.25, 0.3) is 0 Å². The van der Waals surface area contributed by atoms with Crippen molar-refractivity contribution in [1.82, 2.24) is 14.7 Å². The highest BCUT2D eigenvalue weighted by Gasteiger charge is 2.52. The molecule has 1 fully saturated rings. The largest absolute Gasteiger partial charge is 0.493 e. The van der Waals surface area contributed by atoms with E-state index in [-0.39, 0.29) is 17.4 Å². The third kappa shape index (κ3) is 6.18. The lowest BCUT2D eigenvalue weighted by Crippen LogP contribution is -2.55. The number of benzene rings is 3. The SMILES string of the molecule is CCOc1cc(C(C)(C)C)ccc1C1=NC(C)(c2ccc(Cl)cc2)C(c2ccc(Cl)cc2)N1C(=O)N1CCN(C(C)=O)CC1. The maximum absolute atomic E-state index is 14.8. The monoisotopic (exact) mass is 634 g/mol. The van der Waals surface area contributed by atoms with Crippen molar-refractivity contribution in [1.29, 1.82) is 0 Å². The fraction of sp³-hybridized carbons (Fsp3) is 0.400. The topological polar surface area (TPSA) is 65.5 Å². The summed E-state index contributed by atoms with van der Waals surface area (Å²) in [4.78, 5) is 37.6. The minimum atomic E-state index is -0.878. The van der Waals surface area contributed by atoms with Crippen LogP contribution in [0.1, 0.15) is 69.8 Å². The van der Waals surface area contributed by atoms with Gasteiger partial charge in [0.2, 0.25) is 5.91 Å². The molecule has 2 unspecified atom stereocenters. The van der Waals surface area contributed by atoms with Gasteiger partial charge in [-0.05, 0) is 72.4 Å². The molecule has 3 amide bonds. The molecule has 0 aromatic heterocycles. The average molecular weight is 636 g/mol. The van der Waals surface area contributed by atoms with Crippen LogP contribution in [0.4, 0.5) is 4.79 Å². The number of hydrogen-bond acceptors (Lipinski definition) is 4. The Kier molecular flexibility index (Phi) is 9.01. The van der Waals surface area contributed by atoms with E-state index in [9.17, 15) is 9.59 Å². The Morgan fingerprint density at radius 3 is 2.02 bits per heavy atom. The van der Waals surface area contributed by atoms with Crippen LogP contribution < -0.4 is 4.74 Å². The van der Waals surface area contributed by atoms with Crippen molar-refractivity contribution < 1.29 is 14.3 Å². The number of carbonyl (C=O) groups is 2. The number of rotatable bonds is 5. The highest BCUT2D eigenvalue weighted by atomic mass is 35.5. The summed E-state index contributed by atoms with van der Waals surface area (Å²) in [5.41, 5.74) is 2.70. The molecule has 3 aromatic rings. The van der Waals surface area contributed by atoms with Crippen LogP contribution in [0.3, 0.4) is 0 Å². The van der Waals surface area contributed by atoms with Gasteiger partial charge in [-0.15, -0.1) is 0 Å². The minimum absolute atomic E-state index is 0.00942. The summed E-state index contributed by atoms with van der Waals surface area (Å²) in [7, 11) is 0. The molecule has 2 aliphatic heterocycles. The van der Waals surface area contributed by atoms with Crippen molar-refractivity contribution in [3.63, 3.8) is 0 Å². The smallest absolute Gasteiger partial charge is 0.326 e. The number of aliphatic imine (C=N–C) groups is 1. The Bertz CT molecular complexity index is 1560. The Hall–Kier alpha value is -3.55. The van der Waals surface area contributed by atoms with Gasteiger partial charge >= 0.3 is 6.03 Å². The number of ether oxygens (including phenoxy) is 1. The molecule has 0 N–H and O–H groups in total. The number of urea groups is 1. The number of piperazine rings is 1. The third-order valence-corrected chi connectivity index (χ3v) is 9.07. The Labute approximate surface area is 270 Å². The van der Waals surface area contributed by atoms with E-state index in [4.69, 9.17) is 32.9 Å². The minimum Gasteiger partial charge on any atom is -0.493 e. The van der Waals surface area contributed by atoms with Crippen molar-refractivity contribution in [2.24, 2.45) is 4.99 Å². The molecule has 44 heavy (non-hydrogen) atoms. The van der Waals surface area contributed by atoms with Crippen LogP contribution in [-0.2, 0) is 15.7 Å². The van der Waals surface area contributed by atoms with E-state index >= 15 is 0 Å². The van der Waals surface area contributed by atoms with E-state index in [0.29, 0.717) is 54.4 Å². The molecule has 1 saturated heterocycles. The zero-order valence-corrected chi connectivity index (χ0v) is 27.7. The van der Waals surface area contributed by atoms with Gasteiger partial charge in [-0.1, -0.05) is 74.3 Å². The first-order valence-electron chi connectivity index (χ1n) is 15.1. The van der Waals surface area contributed by atoms with Gasteiger partial charge in [-0.3, -0.25) is 14.7 Å². The van der Waals surface area contributed by atoms with Crippen LogP contribution in [0.2, 0.25) is 10.0 Å². The molecule has 7 nitrogen and oxygen atoms in total. The van der Waals surface area contributed by atoms with Gasteiger partial charge < -0.3 is 14.5 Å². The molecule has 9 heteroatoms. The number of carbonyl (C=O) groups excluding carboxylic acids is 2. The highest BCUT2D eigenvalue weighted by Crippen LogP contribution is 2.50. The molecule has 232 valence electrons. The first kappa shape index (κ1) is 31.9.